The lowest BCUT2D eigenvalue weighted by molar-refractivity contribution is 0.230. The van der Waals surface area contributed by atoms with Gasteiger partial charge in [-0.05, 0) is 37.7 Å². The zero-order valence-electron chi connectivity index (χ0n) is 14.3. The number of aryl methyl sites for hydroxylation is 1. The minimum atomic E-state index is 0.645. The summed E-state index contributed by atoms with van der Waals surface area (Å²) >= 11 is 0. The van der Waals surface area contributed by atoms with E-state index in [0.29, 0.717) is 6.61 Å². The van der Waals surface area contributed by atoms with Gasteiger partial charge in [0.2, 0.25) is 0 Å². The maximum absolute atomic E-state index is 5.80. The van der Waals surface area contributed by atoms with Crippen LogP contribution in [0.5, 0.6) is 17.2 Å². The Morgan fingerprint density at radius 2 is 1.78 bits per heavy atom. The van der Waals surface area contributed by atoms with Gasteiger partial charge in [0, 0.05) is 18.7 Å². The summed E-state index contributed by atoms with van der Waals surface area (Å²) in [7, 11) is 5.39. The summed E-state index contributed by atoms with van der Waals surface area (Å²) in [6, 6.07) is 14.0. The maximum atomic E-state index is 5.80. The van der Waals surface area contributed by atoms with Gasteiger partial charge in [-0.1, -0.05) is 24.3 Å². The van der Waals surface area contributed by atoms with Crippen molar-refractivity contribution < 1.29 is 14.2 Å². The average molecular weight is 315 g/mol. The quantitative estimate of drug-likeness (QED) is 0.746. The van der Waals surface area contributed by atoms with Crippen LogP contribution < -0.4 is 14.2 Å². The third-order valence-electron chi connectivity index (χ3n) is 3.66. The van der Waals surface area contributed by atoms with E-state index in [9.17, 15) is 0 Å². The van der Waals surface area contributed by atoms with Crippen LogP contribution in [0.1, 0.15) is 11.1 Å². The third-order valence-corrected chi connectivity index (χ3v) is 3.66. The summed E-state index contributed by atoms with van der Waals surface area (Å²) in [5.41, 5.74) is 2.31. The molecule has 0 amide bonds. The number of methoxy groups -OCH3 is 2. The van der Waals surface area contributed by atoms with E-state index in [1.807, 2.05) is 30.3 Å². The molecule has 2 aromatic carbocycles. The second kappa shape index (κ2) is 8.44. The van der Waals surface area contributed by atoms with Crippen molar-refractivity contribution in [3.8, 4) is 17.2 Å². The molecule has 0 heterocycles. The molecule has 0 spiro atoms. The number of likely N-dealkylation sites (N-methyl/N-ethyl adjacent to an activating group) is 1. The van der Waals surface area contributed by atoms with Gasteiger partial charge in [-0.15, -0.1) is 0 Å². The Morgan fingerprint density at radius 3 is 2.48 bits per heavy atom. The molecule has 0 aliphatic rings. The number of hydrogen-bond acceptors (Lipinski definition) is 4. The molecule has 4 heteroatoms. The van der Waals surface area contributed by atoms with Crippen molar-refractivity contribution >= 4 is 0 Å². The summed E-state index contributed by atoms with van der Waals surface area (Å²) in [5, 5.41) is 0. The molecule has 124 valence electrons. The molecule has 0 saturated heterocycles. The van der Waals surface area contributed by atoms with Crippen molar-refractivity contribution in [1.29, 1.82) is 0 Å². The molecule has 0 N–H and O–H groups in total. The largest absolute Gasteiger partial charge is 0.493 e. The molecule has 4 nitrogen and oxygen atoms in total. The number of nitrogens with zero attached hydrogens (tertiary/aromatic N) is 1. The van der Waals surface area contributed by atoms with Gasteiger partial charge in [-0.3, -0.25) is 4.90 Å². The average Bonchev–Trinajstić information content (AvgIpc) is 2.54. The number of benzene rings is 2. The van der Waals surface area contributed by atoms with Crippen molar-refractivity contribution in [2.24, 2.45) is 0 Å². The van der Waals surface area contributed by atoms with Crippen molar-refractivity contribution in [3.05, 3.63) is 53.6 Å². The Labute approximate surface area is 138 Å². The Balaban J connectivity index is 1.89. The fourth-order valence-corrected chi connectivity index (χ4v) is 2.47. The van der Waals surface area contributed by atoms with Gasteiger partial charge in [-0.25, -0.2) is 0 Å². The molecule has 0 saturated carbocycles. The van der Waals surface area contributed by atoms with Gasteiger partial charge in [0.05, 0.1) is 14.2 Å². The standard InChI is InChI=1S/C19H25NO3/c1-15-7-5-9-17(13-15)23-12-11-20(2)14-16-8-6-10-18(21-3)19(16)22-4/h5-10,13H,11-12,14H2,1-4H3. The summed E-state index contributed by atoms with van der Waals surface area (Å²) in [6.45, 7) is 4.31. The van der Waals surface area contributed by atoms with E-state index in [0.717, 1.165) is 35.9 Å². The van der Waals surface area contributed by atoms with Crippen LogP contribution in [0, 0.1) is 6.92 Å². The topological polar surface area (TPSA) is 30.9 Å². The monoisotopic (exact) mass is 315 g/mol. The molecule has 0 bridgehead atoms. The Hall–Kier alpha value is -2.20. The SMILES string of the molecule is COc1cccc(CN(C)CCOc2cccc(C)c2)c1OC. The first-order valence-corrected chi connectivity index (χ1v) is 7.72. The van der Waals surface area contributed by atoms with Crippen LogP contribution in [0.25, 0.3) is 0 Å². The lowest BCUT2D eigenvalue weighted by Crippen LogP contribution is -2.24. The van der Waals surface area contributed by atoms with E-state index < -0.39 is 0 Å². The van der Waals surface area contributed by atoms with Gasteiger partial charge < -0.3 is 14.2 Å². The Kier molecular flexibility index (Phi) is 6.29. The number of para-hydroxylation sites is 1. The van der Waals surface area contributed by atoms with Crippen LogP contribution in [-0.2, 0) is 6.54 Å². The normalized spacial score (nSPS) is 10.7. The van der Waals surface area contributed by atoms with Crippen molar-refractivity contribution in [2.75, 3.05) is 34.4 Å². The first kappa shape index (κ1) is 17.2. The smallest absolute Gasteiger partial charge is 0.165 e. The highest BCUT2D eigenvalue weighted by Gasteiger charge is 2.11. The maximum Gasteiger partial charge on any atom is 0.165 e. The number of ether oxygens (including phenoxy) is 3. The van der Waals surface area contributed by atoms with Gasteiger partial charge >= 0.3 is 0 Å². The number of rotatable bonds is 8. The fourth-order valence-electron chi connectivity index (χ4n) is 2.47. The van der Waals surface area contributed by atoms with Crippen LogP contribution in [0.4, 0.5) is 0 Å². The van der Waals surface area contributed by atoms with E-state index in [4.69, 9.17) is 14.2 Å². The molecular formula is C19H25NO3. The summed E-state index contributed by atoms with van der Waals surface area (Å²) in [6.07, 6.45) is 0. The highest BCUT2D eigenvalue weighted by Crippen LogP contribution is 2.31. The highest BCUT2D eigenvalue weighted by molar-refractivity contribution is 5.46. The van der Waals surface area contributed by atoms with Crippen LogP contribution in [0.2, 0.25) is 0 Å². The molecule has 2 rings (SSSR count). The van der Waals surface area contributed by atoms with Gasteiger partial charge in [0.25, 0.3) is 0 Å². The first-order chi connectivity index (χ1) is 11.1. The molecule has 0 unspecified atom stereocenters. The molecule has 0 atom stereocenters. The first-order valence-electron chi connectivity index (χ1n) is 7.72. The molecule has 2 aromatic rings. The molecule has 0 fully saturated rings. The van der Waals surface area contributed by atoms with Crippen molar-refractivity contribution in [1.82, 2.24) is 4.90 Å². The zero-order chi connectivity index (χ0) is 16.7. The van der Waals surface area contributed by atoms with Crippen molar-refractivity contribution in [2.45, 2.75) is 13.5 Å². The van der Waals surface area contributed by atoms with E-state index in [1.54, 1.807) is 14.2 Å². The van der Waals surface area contributed by atoms with Crippen LogP contribution in [0.3, 0.4) is 0 Å². The molecule has 0 aromatic heterocycles. The molecule has 23 heavy (non-hydrogen) atoms. The van der Waals surface area contributed by atoms with Crippen LogP contribution in [0.15, 0.2) is 42.5 Å². The van der Waals surface area contributed by atoms with E-state index in [1.165, 1.54) is 5.56 Å². The Bertz CT molecular complexity index is 628. The highest BCUT2D eigenvalue weighted by atomic mass is 16.5. The third kappa shape index (κ3) is 4.89. The van der Waals surface area contributed by atoms with E-state index in [-0.39, 0.29) is 0 Å². The Morgan fingerprint density at radius 1 is 1.00 bits per heavy atom. The van der Waals surface area contributed by atoms with E-state index in [2.05, 4.69) is 31.0 Å². The predicted molar refractivity (Wildman–Crippen MR) is 92.6 cm³/mol. The lowest BCUT2D eigenvalue weighted by atomic mass is 10.1. The minimum Gasteiger partial charge on any atom is -0.493 e. The second-order valence-electron chi connectivity index (χ2n) is 5.56. The van der Waals surface area contributed by atoms with E-state index >= 15 is 0 Å². The molecule has 0 aliphatic heterocycles. The summed E-state index contributed by atoms with van der Waals surface area (Å²) in [5.74, 6) is 2.47. The zero-order valence-corrected chi connectivity index (χ0v) is 14.3. The molecule has 0 radical (unpaired) electrons. The second-order valence-corrected chi connectivity index (χ2v) is 5.56. The minimum absolute atomic E-state index is 0.645. The van der Waals surface area contributed by atoms with Crippen LogP contribution in [-0.4, -0.2) is 39.3 Å². The predicted octanol–water partition coefficient (Wildman–Crippen LogP) is 3.52. The molecule has 0 aliphatic carbocycles. The van der Waals surface area contributed by atoms with Gasteiger partial charge in [-0.2, -0.15) is 0 Å². The summed E-state index contributed by atoms with van der Waals surface area (Å²) in [4.78, 5) is 2.20. The number of hydrogen-bond donors (Lipinski definition) is 0. The lowest BCUT2D eigenvalue weighted by Gasteiger charge is -2.19. The van der Waals surface area contributed by atoms with Crippen molar-refractivity contribution in [3.63, 3.8) is 0 Å². The fraction of sp³-hybridized carbons (Fsp3) is 0.368. The van der Waals surface area contributed by atoms with Gasteiger partial charge in [0.1, 0.15) is 12.4 Å². The van der Waals surface area contributed by atoms with Crippen LogP contribution >= 0.6 is 0 Å². The molecular weight excluding hydrogens is 290 g/mol. The summed E-state index contributed by atoms with van der Waals surface area (Å²) < 4.78 is 16.6. The van der Waals surface area contributed by atoms with Gasteiger partial charge in [0.15, 0.2) is 11.5 Å².